The molecule has 1 aromatic carbocycles. The minimum Gasteiger partial charge on any atom is -0.367 e. The maximum Gasteiger partial charge on any atom is 0.411 e. The van der Waals surface area contributed by atoms with Crippen molar-refractivity contribution in [1.82, 2.24) is 25.2 Å². The molecule has 0 radical (unpaired) electrons. The summed E-state index contributed by atoms with van der Waals surface area (Å²) in [7, 11) is 1.70. The Morgan fingerprint density at radius 3 is 2.58 bits per heavy atom. The third kappa shape index (κ3) is 7.25. The minimum atomic E-state index is -4.31. The van der Waals surface area contributed by atoms with E-state index in [-0.39, 0.29) is 6.61 Å². The van der Waals surface area contributed by atoms with Crippen molar-refractivity contribution in [3.8, 4) is 0 Å². The Bertz CT molecular complexity index is 985. The lowest BCUT2D eigenvalue weighted by atomic mass is 10.1. The molecule has 7 nitrogen and oxygen atoms in total. The van der Waals surface area contributed by atoms with E-state index in [0.717, 1.165) is 36.4 Å². The zero-order valence-electron chi connectivity index (χ0n) is 17.2. The van der Waals surface area contributed by atoms with Gasteiger partial charge in [0.15, 0.2) is 11.6 Å². The molecule has 0 fully saturated rings. The largest absolute Gasteiger partial charge is 0.411 e. The number of benzene rings is 1. The van der Waals surface area contributed by atoms with Crippen LogP contribution >= 0.6 is 0 Å². The summed E-state index contributed by atoms with van der Waals surface area (Å²) in [6.07, 6.45) is -0.710. The van der Waals surface area contributed by atoms with Gasteiger partial charge in [-0.15, -0.1) is 10.2 Å². The lowest BCUT2D eigenvalue weighted by Crippen LogP contribution is -2.37. The maximum atomic E-state index is 12.1. The van der Waals surface area contributed by atoms with Crippen LogP contribution in [0.15, 0.2) is 53.7 Å². The number of ether oxygens (including phenoxy) is 1. The molecule has 0 bridgehead atoms. The van der Waals surface area contributed by atoms with E-state index < -0.39 is 12.8 Å². The third-order valence-corrected chi connectivity index (χ3v) is 4.49. The topological polar surface area (TPSA) is 75.8 Å². The first-order valence-electron chi connectivity index (χ1n) is 9.90. The molecule has 0 spiro atoms. The molecule has 0 saturated heterocycles. The van der Waals surface area contributed by atoms with E-state index in [0.29, 0.717) is 18.1 Å². The van der Waals surface area contributed by atoms with Crippen LogP contribution in [0.3, 0.4) is 0 Å². The van der Waals surface area contributed by atoms with Gasteiger partial charge in [-0.1, -0.05) is 30.3 Å². The average Bonchev–Trinajstić information content (AvgIpc) is 3.16. The molecule has 3 aromatic rings. The second-order valence-electron chi connectivity index (χ2n) is 6.93. The van der Waals surface area contributed by atoms with Gasteiger partial charge in [-0.3, -0.25) is 9.39 Å². The van der Waals surface area contributed by atoms with E-state index in [9.17, 15) is 13.2 Å². The number of nitrogens with zero attached hydrogens (tertiary/aromatic N) is 4. The fraction of sp³-hybridized carbons (Fsp3) is 0.381. The molecule has 31 heavy (non-hydrogen) atoms. The Hall–Kier alpha value is -3.14. The summed E-state index contributed by atoms with van der Waals surface area (Å²) < 4.78 is 43.0. The molecule has 0 amide bonds. The van der Waals surface area contributed by atoms with Crippen molar-refractivity contribution in [3.63, 3.8) is 0 Å². The molecule has 10 heteroatoms. The van der Waals surface area contributed by atoms with E-state index >= 15 is 0 Å². The molecule has 0 atom stereocenters. The van der Waals surface area contributed by atoms with Crippen LogP contribution in [0.1, 0.15) is 23.4 Å². The molecule has 0 unspecified atom stereocenters. The highest BCUT2D eigenvalue weighted by molar-refractivity contribution is 5.79. The van der Waals surface area contributed by atoms with Crippen LogP contribution in [-0.4, -0.2) is 46.9 Å². The molecule has 0 saturated carbocycles. The van der Waals surface area contributed by atoms with Crippen molar-refractivity contribution in [2.24, 2.45) is 4.99 Å². The monoisotopic (exact) mass is 434 g/mol. The lowest BCUT2D eigenvalue weighted by Gasteiger charge is -2.12. The second kappa shape index (κ2) is 10.8. The number of aryl methyl sites for hydroxylation is 1. The summed E-state index contributed by atoms with van der Waals surface area (Å²) >= 11 is 0. The number of hydrogen-bond acceptors (Lipinski definition) is 4. The Labute approximate surface area is 178 Å². The van der Waals surface area contributed by atoms with Gasteiger partial charge in [0.25, 0.3) is 0 Å². The quantitative estimate of drug-likeness (QED) is 0.308. The predicted octanol–water partition coefficient (Wildman–Crippen LogP) is 3.11. The van der Waals surface area contributed by atoms with Gasteiger partial charge < -0.3 is 15.4 Å². The van der Waals surface area contributed by atoms with Crippen molar-refractivity contribution in [1.29, 1.82) is 0 Å². The van der Waals surface area contributed by atoms with E-state index in [4.69, 9.17) is 0 Å². The highest BCUT2D eigenvalue weighted by atomic mass is 19.4. The van der Waals surface area contributed by atoms with Crippen molar-refractivity contribution in [2.75, 3.05) is 20.2 Å². The number of rotatable bonds is 9. The highest BCUT2D eigenvalue weighted by Gasteiger charge is 2.27. The van der Waals surface area contributed by atoms with E-state index in [1.54, 1.807) is 19.2 Å². The van der Waals surface area contributed by atoms with Gasteiger partial charge in [-0.05, 0) is 29.7 Å². The van der Waals surface area contributed by atoms with Gasteiger partial charge in [-0.25, -0.2) is 0 Å². The molecule has 2 heterocycles. The van der Waals surface area contributed by atoms with Crippen LogP contribution < -0.4 is 10.6 Å². The fourth-order valence-electron chi connectivity index (χ4n) is 2.96. The van der Waals surface area contributed by atoms with Gasteiger partial charge in [-0.2, -0.15) is 13.2 Å². The summed E-state index contributed by atoms with van der Waals surface area (Å²) in [6, 6.07) is 13.0. The molecule has 0 aliphatic rings. The summed E-state index contributed by atoms with van der Waals surface area (Å²) in [5, 5.41) is 14.8. The number of nitrogens with one attached hydrogen (secondary N) is 2. The van der Waals surface area contributed by atoms with Crippen molar-refractivity contribution >= 4 is 11.6 Å². The molecule has 0 aliphatic heterocycles. The molecule has 0 aliphatic carbocycles. The van der Waals surface area contributed by atoms with Crippen LogP contribution in [0.4, 0.5) is 13.2 Å². The molecule has 3 rings (SSSR count). The van der Waals surface area contributed by atoms with Crippen molar-refractivity contribution < 1.29 is 17.9 Å². The van der Waals surface area contributed by atoms with Crippen LogP contribution in [-0.2, 0) is 24.3 Å². The lowest BCUT2D eigenvalue weighted by molar-refractivity contribution is -0.176. The van der Waals surface area contributed by atoms with Gasteiger partial charge in [0.1, 0.15) is 12.4 Å². The predicted molar refractivity (Wildman–Crippen MR) is 112 cm³/mol. The summed E-state index contributed by atoms with van der Waals surface area (Å²) in [6.45, 7) is -0.0571. The van der Waals surface area contributed by atoms with E-state index in [1.165, 1.54) is 0 Å². The number of guanidine groups is 1. The Morgan fingerprint density at radius 1 is 1.06 bits per heavy atom. The van der Waals surface area contributed by atoms with Crippen LogP contribution in [0, 0.1) is 0 Å². The molecular formula is C21H25F3N6O. The Morgan fingerprint density at radius 2 is 1.84 bits per heavy atom. The average molecular weight is 434 g/mol. The van der Waals surface area contributed by atoms with E-state index in [2.05, 4.69) is 30.6 Å². The van der Waals surface area contributed by atoms with Gasteiger partial charge in [0.2, 0.25) is 0 Å². The SMILES string of the molecule is CN=C(NCCCc1nnc2ccccn12)NCc1ccc(COCC(F)(F)F)cc1. The second-order valence-corrected chi connectivity index (χ2v) is 6.93. The highest BCUT2D eigenvalue weighted by Crippen LogP contribution is 2.15. The number of aromatic nitrogens is 3. The zero-order chi connectivity index (χ0) is 22.1. The Balaban J connectivity index is 1.37. The third-order valence-electron chi connectivity index (χ3n) is 4.49. The molecular weight excluding hydrogens is 409 g/mol. The van der Waals surface area contributed by atoms with Crippen LogP contribution in [0.5, 0.6) is 0 Å². The molecule has 2 N–H and O–H groups in total. The van der Waals surface area contributed by atoms with Crippen LogP contribution in [0.2, 0.25) is 0 Å². The van der Waals surface area contributed by atoms with Crippen molar-refractivity contribution in [2.45, 2.75) is 32.2 Å². The van der Waals surface area contributed by atoms with Gasteiger partial charge in [0.05, 0.1) is 6.61 Å². The number of fused-ring (bicyclic) bond motifs is 1. The molecule has 166 valence electrons. The number of alkyl halides is 3. The summed E-state index contributed by atoms with van der Waals surface area (Å²) in [4.78, 5) is 4.20. The van der Waals surface area contributed by atoms with Crippen molar-refractivity contribution in [3.05, 3.63) is 65.6 Å². The standard InChI is InChI=1S/C21H25F3N6O/c1-25-20(26-11-4-6-19-29-28-18-5-2-3-12-30(18)19)27-13-16-7-9-17(10-8-16)14-31-15-21(22,23)24/h2-3,5,7-10,12H,4,6,11,13-15H2,1H3,(H2,25,26,27). The number of pyridine rings is 1. The maximum absolute atomic E-state index is 12.1. The first kappa shape index (κ1) is 22.5. The summed E-state index contributed by atoms with van der Waals surface area (Å²) in [5.41, 5.74) is 2.51. The smallest absolute Gasteiger partial charge is 0.367 e. The summed E-state index contributed by atoms with van der Waals surface area (Å²) in [5.74, 6) is 1.59. The zero-order valence-corrected chi connectivity index (χ0v) is 17.2. The number of halogens is 3. The molecule has 2 aromatic heterocycles. The van der Waals surface area contributed by atoms with Gasteiger partial charge in [0, 0.05) is 32.8 Å². The fourth-order valence-corrected chi connectivity index (χ4v) is 2.96. The number of aliphatic imine (C=N–C) groups is 1. The van der Waals surface area contributed by atoms with E-state index in [1.807, 2.05) is 40.9 Å². The first-order valence-corrected chi connectivity index (χ1v) is 9.90. The minimum absolute atomic E-state index is 0.0717. The van der Waals surface area contributed by atoms with Crippen LogP contribution in [0.25, 0.3) is 5.65 Å². The number of hydrogen-bond donors (Lipinski definition) is 2. The first-order chi connectivity index (χ1) is 14.9. The normalized spacial score (nSPS) is 12.3. The Kier molecular flexibility index (Phi) is 7.82. The van der Waals surface area contributed by atoms with Gasteiger partial charge >= 0.3 is 6.18 Å².